The fourth-order valence-electron chi connectivity index (χ4n) is 5.54. The minimum atomic E-state index is -0.368. The summed E-state index contributed by atoms with van der Waals surface area (Å²) in [7, 11) is 0. The van der Waals surface area contributed by atoms with Crippen molar-refractivity contribution in [3.63, 3.8) is 0 Å². The van der Waals surface area contributed by atoms with Crippen molar-refractivity contribution in [1.29, 1.82) is 0 Å². The maximum Gasteiger partial charge on any atom is 0.410 e. The molecule has 2 unspecified atom stereocenters. The van der Waals surface area contributed by atoms with Crippen LogP contribution in [0.25, 0.3) is 0 Å². The van der Waals surface area contributed by atoms with Gasteiger partial charge in [0.1, 0.15) is 17.2 Å². The van der Waals surface area contributed by atoms with Gasteiger partial charge < -0.3 is 19.3 Å². The van der Waals surface area contributed by atoms with Gasteiger partial charge >= 0.3 is 6.09 Å². The SMILES string of the molecule is CCC1(OC(=O)N2CCC(C3CC3CCOc3ccc(CC(=O)N4CCC4)c(F)c3)CC2)CC1. The third kappa shape index (κ3) is 5.33. The number of amides is 2. The molecule has 0 radical (unpaired) electrons. The standard InChI is InChI=1S/C27H37FN2O4/c1-2-27(9-10-27)34-26(32)30-13-6-19(7-14-30)23-16-20(23)8-15-33-22-5-4-21(24(28)18-22)17-25(31)29-11-3-12-29/h4-5,18-20,23H,2-3,6-17H2,1H3. The van der Waals surface area contributed by atoms with Gasteiger partial charge in [-0.2, -0.15) is 0 Å². The number of carbonyl (C=O) groups excluding carboxylic acids is 2. The van der Waals surface area contributed by atoms with E-state index in [2.05, 4.69) is 6.92 Å². The molecule has 4 aliphatic rings. The number of halogens is 1. The Morgan fingerprint density at radius 1 is 1.12 bits per heavy atom. The Bertz CT molecular complexity index is 906. The molecule has 6 nitrogen and oxygen atoms in total. The molecule has 2 saturated carbocycles. The molecule has 2 atom stereocenters. The van der Waals surface area contributed by atoms with Crippen LogP contribution in [0.1, 0.15) is 63.9 Å². The lowest BCUT2D eigenvalue weighted by molar-refractivity contribution is -0.133. The predicted octanol–water partition coefficient (Wildman–Crippen LogP) is 4.80. The van der Waals surface area contributed by atoms with E-state index in [1.807, 2.05) is 4.90 Å². The summed E-state index contributed by atoms with van der Waals surface area (Å²) in [5.41, 5.74) is 0.272. The summed E-state index contributed by atoms with van der Waals surface area (Å²) in [6.07, 6.45) is 8.27. The highest BCUT2D eigenvalue weighted by Gasteiger charge is 2.47. The Morgan fingerprint density at radius 3 is 2.50 bits per heavy atom. The Hall–Kier alpha value is -2.31. The van der Waals surface area contributed by atoms with Crippen LogP contribution < -0.4 is 4.74 Å². The highest BCUT2D eigenvalue weighted by molar-refractivity contribution is 5.79. The van der Waals surface area contributed by atoms with Crippen LogP contribution in [0.5, 0.6) is 5.75 Å². The van der Waals surface area contributed by atoms with Crippen LogP contribution in [0.3, 0.4) is 0 Å². The Labute approximate surface area is 201 Å². The second kappa shape index (κ2) is 9.74. The van der Waals surface area contributed by atoms with Crippen LogP contribution >= 0.6 is 0 Å². The molecule has 2 amide bonds. The molecule has 0 aromatic heterocycles. The number of piperidine rings is 1. The monoisotopic (exact) mass is 472 g/mol. The molecule has 2 heterocycles. The number of ether oxygens (including phenoxy) is 2. The van der Waals surface area contributed by atoms with E-state index in [9.17, 15) is 14.0 Å². The molecule has 7 heteroatoms. The first-order chi connectivity index (χ1) is 16.5. The summed E-state index contributed by atoms with van der Waals surface area (Å²) in [6, 6.07) is 4.85. The van der Waals surface area contributed by atoms with Crippen molar-refractivity contribution in [3.8, 4) is 5.75 Å². The smallest absolute Gasteiger partial charge is 0.410 e. The van der Waals surface area contributed by atoms with Gasteiger partial charge in [-0.1, -0.05) is 13.0 Å². The molecular formula is C27H37FN2O4. The Balaban J connectivity index is 0.995. The molecule has 0 spiro atoms. The maximum atomic E-state index is 14.4. The number of hydrogen-bond donors (Lipinski definition) is 0. The molecule has 4 fully saturated rings. The lowest BCUT2D eigenvalue weighted by Gasteiger charge is -2.32. The van der Waals surface area contributed by atoms with E-state index in [0.29, 0.717) is 29.8 Å². The minimum Gasteiger partial charge on any atom is -0.493 e. The fraction of sp³-hybridized carbons (Fsp3) is 0.704. The summed E-state index contributed by atoms with van der Waals surface area (Å²) in [4.78, 5) is 28.2. The summed E-state index contributed by atoms with van der Waals surface area (Å²) >= 11 is 0. The number of nitrogens with zero attached hydrogens (tertiary/aromatic N) is 2. The number of carbonyl (C=O) groups is 2. The first kappa shape index (κ1) is 23.4. The highest BCUT2D eigenvalue weighted by atomic mass is 19.1. The third-order valence-corrected chi connectivity index (χ3v) is 8.47. The van der Waals surface area contributed by atoms with Gasteiger partial charge in [0.2, 0.25) is 5.91 Å². The van der Waals surface area contributed by atoms with Crippen molar-refractivity contribution < 1.29 is 23.5 Å². The van der Waals surface area contributed by atoms with E-state index in [4.69, 9.17) is 9.47 Å². The number of hydrogen-bond acceptors (Lipinski definition) is 4. The highest BCUT2D eigenvalue weighted by Crippen LogP contribution is 2.50. The first-order valence-electron chi connectivity index (χ1n) is 13.1. The molecule has 5 rings (SSSR count). The van der Waals surface area contributed by atoms with Gasteiger partial charge in [-0.3, -0.25) is 4.79 Å². The van der Waals surface area contributed by atoms with Gasteiger partial charge in [-0.25, -0.2) is 9.18 Å². The van der Waals surface area contributed by atoms with Crippen molar-refractivity contribution in [2.45, 2.75) is 70.3 Å². The normalized spacial score (nSPS) is 25.5. The van der Waals surface area contributed by atoms with Crippen molar-refractivity contribution in [2.75, 3.05) is 32.8 Å². The average molecular weight is 473 g/mol. The largest absolute Gasteiger partial charge is 0.493 e. The molecule has 186 valence electrons. The van der Waals surface area contributed by atoms with Crippen LogP contribution in [-0.4, -0.2) is 60.2 Å². The Morgan fingerprint density at radius 2 is 1.88 bits per heavy atom. The zero-order valence-corrected chi connectivity index (χ0v) is 20.3. The van der Waals surface area contributed by atoms with Gasteiger partial charge in [-0.15, -0.1) is 0 Å². The number of likely N-dealkylation sites (tertiary alicyclic amines) is 2. The van der Waals surface area contributed by atoms with E-state index in [1.54, 1.807) is 17.0 Å². The lowest BCUT2D eigenvalue weighted by atomic mass is 9.91. The quantitative estimate of drug-likeness (QED) is 0.518. The van der Waals surface area contributed by atoms with Gasteiger partial charge in [0.25, 0.3) is 0 Å². The molecular weight excluding hydrogens is 435 g/mol. The van der Waals surface area contributed by atoms with Crippen LogP contribution in [0.15, 0.2) is 18.2 Å². The van der Waals surface area contributed by atoms with Gasteiger partial charge in [0, 0.05) is 32.2 Å². The van der Waals surface area contributed by atoms with E-state index in [-0.39, 0.29) is 29.8 Å². The number of benzene rings is 1. The molecule has 2 aliphatic carbocycles. The first-order valence-corrected chi connectivity index (χ1v) is 13.1. The van der Waals surface area contributed by atoms with Crippen LogP contribution in [-0.2, 0) is 16.0 Å². The van der Waals surface area contributed by atoms with Crippen LogP contribution in [0.2, 0.25) is 0 Å². The van der Waals surface area contributed by atoms with Crippen molar-refractivity contribution in [2.24, 2.45) is 17.8 Å². The van der Waals surface area contributed by atoms with Crippen molar-refractivity contribution in [3.05, 3.63) is 29.6 Å². The summed E-state index contributed by atoms with van der Waals surface area (Å²) in [5, 5.41) is 0. The zero-order valence-electron chi connectivity index (χ0n) is 20.3. The summed E-state index contributed by atoms with van der Waals surface area (Å²) < 4.78 is 26.0. The zero-order chi connectivity index (χ0) is 23.7. The molecule has 2 saturated heterocycles. The van der Waals surface area contributed by atoms with E-state index in [1.165, 1.54) is 12.5 Å². The van der Waals surface area contributed by atoms with Gasteiger partial charge in [-0.05, 0) is 80.8 Å². The molecule has 1 aromatic rings. The summed E-state index contributed by atoms with van der Waals surface area (Å²) in [5.74, 6) is 2.22. The topological polar surface area (TPSA) is 59.1 Å². The maximum absolute atomic E-state index is 14.4. The molecule has 0 N–H and O–H groups in total. The van der Waals surface area contributed by atoms with Crippen LogP contribution in [0.4, 0.5) is 9.18 Å². The second-order valence-corrected chi connectivity index (χ2v) is 10.7. The van der Waals surface area contributed by atoms with Crippen molar-refractivity contribution in [1.82, 2.24) is 9.80 Å². The molecule has 1 aromatic carbocycles. The molecule has 0 bridgehead atoms. The number of rotatable bonds is 9. The Kier molecular flexibility index (Phi) is 6.72. The van der Waals surface area contributed by atoms with Crippen LogP contribution in [0, 0.1) is 23.6 Å². The van der Waals surface area contributed by atoms with Crippen molar-refractivity contribution >= 4 is 12.0 Å². The predicted molar refractivity (Wildman–Crippen MR) is 126 cm³/mol. The average Bonchev–Trinajstić information content (AvgIpc) is 3.71. The van der Waals surface area contributed by atoms with E-state index >= 15 is 0 Å². The third-order valence-electron chi connectivity index (χ3n) is 8.47. The minimum absolute atomic E-state index is 0.00545. The van der Waals surface area contributed by atoms with Gasteiger partial charge in [0.15, 0.2) is 0 Å². The van der Waals surface area contributed by atoms with E-state index in [0.717, 1.165) is 77.0 Å². The fourth-order valence-corrected chi connectivity index (χ4v) is 5.54. The summed E-state index contributed by atoms with van der Waals surface area (Å²) in [6.45, 7) is 5.84. The van der Waals surface area contributed by atoms with E-state index < -0.39 is 0 Å². The molecule has 34 heavy (non-hydrogen) atoms. The molecule has 2 aliphatic heterocycles. The lowest BCUT2D eigenvalue weighted by Crippen LogP contribution is -2.42. The van der Waals surface area contributed by atoms with Gasteiger partial charge in [0.05, 0.1) is 13.0 Å². The second-order valence-electron chi connectivity index (χ2n) is 10.7.